The van der Waals surface area contributed by atoms with Crippen LogP contribution in [0.4, 0.5) is 4.39 Å². The van der Waals surface area contributed by atoms with Crippen LogP contribution in [-0.2, 0) is 13.0 Å². The zero-order valence-corrected chi connectivity index (χ0v) is 22.3. The largest absolute Gasteiger partial charge is 0.494 e. The lowest BCUT2D eigenvalue weighted by Gasteiger charge is -2.16. The molecule has 202 valence electrons. The zero-order chi connectivity index (χ0) is 26.9. The third kappa shape index (κ3) is 6.62. The highest BCUT2D eigenvalue weighted by molar-refractivity contribution is 5.95. The molecule has 0 unspecified atom stereocenters. The monoisotopic (exact) mass is 518 g/mol. The molecule has 3 aromatic carbocycles. The molecule has 0 saturated heterocycles. The van der Waals surface area contributed by atoms with Crippen molar-refractivity contribution in [2.75, 3.05) is 13.7 Å². The first-order chi connectivity index (χ1) is 18.5. The van der Waals surface area contributed by atoms with Crippen LogP contribution in [0.2, 0.25) is 0 Å². The number of nitrogens with zero attached hydrogens (tertiary/aromatic N) is 1. The summed E-state index contributed by atoms with van der Waals surface area (Å²) in [6.45, 7) is 3.01. The number of nitrogens with one attached hydrogen (secondary N) is 1. The maximum atomic E-state index is 14.2. The predicted octanol–water partition coefficient (Wildman–Crippen LogP) is 7.01. The number of fused-ring (bicyclic) bond motifs is 1. The summed E-state index contributed by atoms with van der Waals surface area (Å²) in [4.78, 5) is 13.1. The summed E-state index contributed by atoms with van der Waals surface area (Å²) in [6, 6.07) is 19.6. The highest BCUT2D eigenvalue weighted by atomic mass is 19.1. The molecule has 4 rings (SSSR count). The van der Waals surface area contributed by atoms with Crippen LogP contribution in [0.15, 0.2) is 72.9 Å². The maximum Gasteiger partial charge on any atom is 0.251 e. The number of para-hydroxylation sites is 1. The van der Waals surface area contributed by atoms with E-state index >= 15 is 0 Å². The minimum Gasteiger partial charge on any atom is -0.494 e. The number of hydrogen-bond donors (Lipinski definition) is 2. The molecule has 2 N–H and O–H groups in total. The summed E-state index contributed by atoms with van der Waals surface area (Å²) in [5, 5.41) is 14.3. The molecule has 5 nitrogen and oxygen atoms in total. The number of unbranched alkanes of at least 4 members (excludes halogenated alkanes) is 4. The quantitative estimate of drug-likeness (QED) is 0.187. The Morgan fingerprint density at radius 1 is 1.03 bits per heavy atom. The maximum absolute atomic E-state index is 14.2. The Bertz CT molecular complexity index is 1370. The van der Waals surface area contributed by atoms with E-state index in [0.29, 0.717) is 17.5 Å². The van der Waals surface area contributed by atoms with E-state index in [2.05, 4.69) is 35.1 Å². The molecule has 0 spiro atoms. The molecule has 0 aliphatic carbocycles. The van der Waals surface area contributed by atoms with Gasteiger partial charge in [0.2, 0.25) is 0 Å². The van der Waals surface area contributed by atoms with Gasteiger partial charge in [0.25, 0.3) is 5.91 Å². The van der Waals surface area contributed by atoms with E-state index in [-0.39, 0.29) is 19.7 Å². The van der Waals surface area contributed by atoms with Gasteiger partial charge in [0, 0.05) is 30.6 Å². The van der Waals surface area contributed by atoms with Crippen molar-refractivity contribution in [3.63, 3.8) is 0 Å². The van der Waals surface area contributed by atoms with Crippen molar-refractivity contribution in [1.29, 1.82) is 0 Å². The average Bonchev–Trinajstić information content (AvgIpc) is 3.29. The number of halogens is 1. The lowest BCUT2D eigenvalue weighted by atomic mass is 10.0. The van der Waals surface area contributed by atoms with Crippen LogP contribution in [0.5, 0.6) is 5.75 Å². The number of methoxy groups -OCH3 is 1. The molecule has 1 atom stereocenters. The molecule has 0 aliphatic heterocycles. The molecule has 0 aliphatic rings. The standard InChI is InChI=1S/C32H37FN2O3.H2/c1-3-4-5-6-9-17-35-21-26(28-13-7-8-14-30(28)35)19-27(22-36)34-32(37)25-12-10-11-23(18-25)24-15-16-31(38-2)29(33)20-24;/h7-8,10-16,18,20-21,27,36H,3-6,9,17,19,22H2,1-2H3,(H,34,37);1H/t27-;/m1./s1. The summed E-state index contributed by atoms with van der Waals surface area (Å²) < 4.78 is 21.5. The number of aryl methyl sites for hydroxylation is 1. The lowest BCUT2D eigenvalue weighted by molar-refractivity contribution is 0.0916. The van der Waals surface area contributed by atoms with E-state index < -0.39 is 11.9 Å². The number of aliphatic hydroxyl groups is 1. The SMILES string of the molecule is CCCCCCCn1cc(C[C@H](CO)NC(=O)c2cccc(-c3ccc(OC)c(F)c3)c2)c2ccccc21.[HH]. The summed E-state index contributed by atoms with van der Waals surface area (Å²) in [6.07, 6.45) is 8.80. The predicted molar refractivity (Wildman–Crippen MR) is 153 cm³/mol. The third-order valence-electron chi connectivity index (χ3n) is 7.01. The number of rotatable bonds is 13. The topological polar surface area (TPSA) is 63.5 Å². The Balaban J connectivity index is 0.00000420. The Morgan fingerprint density at radius 3 is 2.58 bits per heavy atom. The van der Waals surface area contributed by atoms with E-state index in [0.717, 1.165) is 29.5 Å². The Labute approximate surface area is 225 Å². The Kier molecular flexibility index (Phi) is 9.55. The van der Waals surface area contributed by atoms with Crippen LogP contribution in [-0.4, -0.2) is 35.3 Å². The van der Waals surface area contributed by atoms with Gasteiger partial charge in [-0.1, -0.05) is 69.0 Å². The van der Waals surface area contributed by atoms with Crippen molar-refractivity contribution in [1.82, 2.24) is 9.88 Å². The van der Waals surface area contributed by atoms with Crippen molar-refractivity contribution in [2.45, 2.75) is 58.0 Å². The molecule has 4 aromatic rings. The van der Waals surface area contributed by atoms with Gasteiger partial charge in [-0.3, -0.25) is 4.79 Å². The fourth-order valence-corrected chi connectivity index (χ4v) is 4.94. The van der Waals surface area contributed by atoms with Crippen LogP contribution in [0.3, 0.4) is 0 Å². The highest BCUT2D eigenvalue weighted by Gasteiger charge is 2.18. The Hall–Kier alpha value is -3.64. The van der Waals surface area contributed by atoms with Crippen molar-refractivity contribution in [3.8, 4) is 16.9 Å². The molecule has 1 aromatic heterocycles. The lowest BCUT2D eigenvalue weighted by Crippen LogP contribution is -2.39. The van der Waals surface area contributed by atoms with Gasteiger partial charge in [-0.2, -0.15) is 0 Å². The normalized spacial score (nSPS) is 12.0. The van der Waals surface area contributed by atoms with E-state index in [9.17, 15) is 14.3 Å². The molecular weight excluding hydrogens is 479 g/mol. The van der Waals surface area contributed by atoms with Gasteiger partial charge >= 0.3 is 0 Å². The molecule has 1 heterocycles. The van der Waals surface area contributed by atoms with E-state index in [1.165, 1.54) is 44.4 Å². The fraction of sp³-hybridized carbons (Fsp3) is 0.344. The number of hydrogen-bond acceptors (Lipinski definition) is 3. The van der Waals surface area contributed by atoms with Crippen molar-refractivity contribution in [3.05, 3.63) is 89.9 Å². The van der Waals surface area contributed by atoms with Crippen molar-refractivity contribution >= 4 is 16.8 Å². The van der Waals surface area contributed by atoms with Crippen LogP contribution < -0.4 is 10.1 Å². The average molecular weight is 519 g/mol. The van der Waals surface area contributed by atoms with Crippen LogP contribution >= 0.6 is 0 Å². The molecule has 6 heteroatoms. The first kappa shape index (κ1) is 27.4. The molecule has 1 amide bonds. The van der Waals surface area contributed by atoms with Gasteiger partial charge in [0.15, 0.2) is 11.6 Å². The Morgan fingerprint density at radius 2 is 1.82 bits per heavy atom. The number of carbonyl (C=O) groups is 1. The molecule has 0 fully saturated rings. The van der Waals surface area contributed by atoms with Crippen LogP contribution in [0.1, 0.15) is 56.4 Å². The number of carbonyl (C=O) groups excluding carboxylic acids is 1. The molecule has 0 saturated carbocycles. The summed E-state index contributed by atoms with van der Waals surface area (Å²) in [7, 11) is 1.42. The smallest absolute Gasteiger partial charge is 0.251 e. The fourth-order valence-electron chi connectivity index (χ4n) is 4.94. The second-order valence-corrected chi connectivity index (χ2v) is 9.77. The molecule has 38 heavy (non-hydrogen) atoms. The number of amides is 1. The number of benzene rings is 3. The summed E-state index contributed by atoms with van der Waals surface area (Å²) >= 11 is 0. The summed E-state index contributed by atoms with van der Waals surface area (Å²) in [5.41, 5.74) is 4.11. The van der Waals surface area contributed by atoms with Gasteiger partial charge in [-0.15, -0.1) is 0 Å². The van der Waals surface area contributed by atoms with E-state index in [1.54, 1.807) is 30.3 Å². The molecule has 0 bridgehead atoms. The van der Waals surface area contributed by atoms with Crippen molar-refractivity contribution in [2.24, 2.45) is 0 Å². The minimum absolute atomic E-state index is 0. The summed E-state index contributed by atoms with van der Waals surface area (Å²) in [5.74, 6) is -0.564. The minimum atomic E-state index is -0.458. The van der Waals surface area contributed by atoms with Gasteiger partial charge in [0.1, 0.15) is 0 Å². The highest BCUT2D eigenvalue weighted by Crippen LogP contribution is 2.27. The number of ether oxygens (including phenoxy) is 1. The van der Waals surface area contributed by atoms with E-state index in [4.69, 9.17) is 4.74 Å². The second-order valence-electron chi connectivity index (χ2n) is 9.77. The number of aliphatic hydroxyl groups excluding tert-OH is 1. The van der Waals surface area contributed by atoms with Crippen molar-refractivity contribution < 1.29 is 20.5 Å². The van der Waals surface area contributed by atoms with Crippen LogP contribution in [0.25, 0.3) is 22.0 Å². The van der Waals surface area contributed by atoms with Gasteiger partial charge in [-0.05, 0) is 59.9 Å². The van der Waals surface area contributed by atoms with Gasteiger partial charge < -0.3 is 19.7 Å². The first-order valence-corrected chi connectivity index (χ1v) is 13.5. The van der Waals surface area contributed by atoms with Crippen LogP contribution in [0, 0.1) is 5.82 Å². The third-order valence-corrected chi connectivity index (χ3v) is 7.01. The zero-order valence-electron chi connectivity index (χ0n) is 22.3. The number of aromatic nitrogens is 1. The van der Waals surface area contributed by atoms with Gasteiger partial charge in [-0.25, -0.2) is 4.39 Å². The first-order valence-electron chi connectivity index (χ1n) is 13.5. The second kappa shape index (κ2) is 13.2. The van der Waals surface area contributed by atoms with Gasteiger partial charge in [0.05, 0.1) is 19.8 Å². The molecule has 0 radical (unpaired) electrons. The molecular formula is C32H39FN2O3. The van der Waals surface area contributed by atoms with E-state index in [1.807, 2.05) is 18.2 Å².